The molecule has 1 fully saturated rings. The van der Waals surface area contributed by atoms with E-state index in [-0.39, 0.29) is 18.0 Å². The monoisotopic (exact) mass is 342 g/mol. The van der Waals surface area contributed by atoms with E-state index in [0.717, 1.165) is 11.8 Å². The van der Waals surface area contributed by atoms with Crippen LogP contribution in [0, 0.1) is 11.7 Å². The van der Waals surface area contributed by atoms with E-state index in [2.05, 4.69) is 21.2 Å². The molecule has 0 saturated carbocycles. The summed E-state index contributed by atoms with van der Waals surface area (Å²) in [6.07, 6.45) is -0.733. The van der Waals surface area contributed by atoms with E-state index < -0.39 is 29.5 Å². The number of hydrogen-bond donors (Lipinski definition) is 3. The second-order valence-corrected chi connectivity index (χ2v) is 5.53. The van der Waals surface area contributed by atoms with Crippen LogP contribution in [0.5, 0.6) is 0 Å². The van der Waals surface area contributed by atoms with Crippen LogP contribution in [0.3, 0.4) is 0 Å². The smallest absolute Gasteiger partial charge is 0.350 e. The number of halogens is 4. The average molecular weight is 342 g/mol. The fourth-order valence-corrected chi connectivity index (χ4v) is 2.66. The number of nitrogens with zero attached hydrogens (tertiary/aromatic N) is 1. The largest absolute Gasteiger partial charge is 0.416 e. The molecular formula is C15H14F4N4O. The number of carbonyl (C=O) groups excluding carboxylic acids is 1. The SMILES string of the molecule is O=C(NCc1cc(C(F)(F)F)ccc1F)C1NNC2=CN=CCC21. The predicted molar refractivity (Wildman–Crippen MR) is 78.0 cm³/mol. The third-order valence-electron chi connectivity index (χ3n) is 3.96. The maximum absolute atomic E-state index is 13.7. The van der Waals surface area contributed by atoms with Crippen molar-refractivity contribution in [3.63, 3.8) is 0 Å². The molecule has 2 aliphatic rings. The zero-order chi connectivity index (χ0) is 17.3. The molecule has 1 saturated heterocycles. The summed E-state index contributed by atoms with van der Waals surface area (Å²) in [5, 5.41) is 2.47. The summed E-state index contributed by atoms with van der Waals surface area (Å²) in [5.41, 5.74) is 5.24. The van der Waals surface area contributed by atoms with Gasteiger partial charge in [-0.1, -0.05) is 0 Å². The molecule has 128 valence electrons. The van der Waals surface area contributed by atoms with E-state index in [1.165, 1.54) is 0 Å². The highest BCUT2D eigenvalue weighted by atomic mass is 19.4. The molecule has 2 unspecified atom stereocenters. The van der Waals surface area contributed by atoms with Gasteiger partial charge in [0.15, 0.2) is 0 Å². The van der Waals surface area contributed by atoms with Crippen LogP contribution < -0.4 is 16.2 Å². The molecule has 2 aliphatic heterocycles. The zero-order valence-electron chi connectivity index (χ0n) is 12.3. The Kier molecular flexibility index (Phi) is 4.27. The lowest BCUT2D eigenvalue weighted by molar-refractivity contribution is -0.137. The zero-order valence-corrected chi connectivity index (χ0v) is 12.3. The molecule has 2 atom stereocenters. The van der Waals surface area contributed by atoms with Crippen LogP contribution in [-0.4, -0.2) is 18.2 Å². The van der Waals surface area contributed by atoms with Gasteiger partial charge in [-0.3, -0.25) is 9.79 Å². The van der Waals surface area contributed by atoms with Crippen molar-refractivity contribution in [1.29, 1.82) is 0 Å². The minimum absolute atomic E-state index is 0.131. The molecule has 3 N–H and O–H groups in total. The number of nitrogens with one attached hydrogen (secondary N) is 3. The van der Waals surface area contributed by atoms with Crippen LogP contribution >= 0.6 is 0 Å². The predicted octanol–water partition coefficient (Wildman–Crippen LogP) is 1.87. The van der Waals surface area contributed by atoms with Crippen molar-refractivity contribution in [3.8, 4) is 0 Å². The number of fused-ring (bicyclic) bond motifs is 1. The van der Waals surface area contributed by atoms with E-state index in [1.807, 2.05) is 0 Å². The molecule has 9 heteroatoms. The van der Waals surface area contributed by atoms with Gasteiger partial charge in [0, 0.05) is 30.4 Å². The Labute approximate surface area is 134 Å². The van der Waals surface area contributed by atoms with E-state index in [0.29, 0.717) is 18.6 Å². The molecule has 1 aromatic carbocycles. The van der Waals surface area contributed by atoms with Gasteiger partial charge >= 0.3 is 6.18 Å². The number of carbonyl (C=O) groups is 1. The van der Waals surface area contributed by atoms with E-state index >= 15 is 0 Å². The molecule has 2 heterocycles. The van der Waals surface area contributed by atoms with Gasteiger partial charge in [0.2, 0.25) is 5.91 Å². The minimum atomic E-state index is -4.56. The van der Waals surface area contributed by atoms with Gasteiger partial charge in [-0.25, -0.2) is 9.82 Å². The summed E-state index contributed by atoms with van der Waals surface area (Å²) in [5.74, 6) is -1.36. The maximum atomic E-state index is 13.7. The number of hydrazine groups is 1. The quantitative estimate of drug-likeness (QED) is 0.735. The minimum Gasteiger partial charge on any atom is -0.350 e. The van der Waals surface area contributed by atoms with Gasteiger partial charge in [0.25, 0.3) is 0 Å². The Balaban J connectivity index is 1.67. The topological polar surface area (TPSA) is 65.5 Å². The molecule has 24 heavy (non-hydrogen) atoms. The fraction of sp³-hybridized carbons (Fsp3) is 0.333. The first-order valence-electron chi connectivity index (χ1n) is 7.23. The van der Waals surface area contributed by atoms with Crippen LogP contribution in [0.25, 0.3) is 0 Å². The van der Waals surface area contributed by atoms with E-state index in [9.17, 15) is 22.4 Å². The lowest BCUT2D eigenvalue weighted by atomic mass is 9.94. The van der Waals surface area contributed by atoms with Crippen molar-refractivity contribution < 1.29 is 22.4 Å². The number of hydrogen-bond acceptors (Lipinski definition) is 4. The highest BCUT2D eigenvalue weighted by Crippen LogP contribution is 2.30. The van der Waals surface area contributed by atoms with Crippen LogP contribution in [0.4, 0.5) is 17.6 Å². The van der Waals surface area contributed by atoms with Crippen molar-refractivity contribution in [3.05, 3.63) is 47.0 Å². The van der Waals surface area contributed by atoms with Crippen molar-refractivity contribution >= 4 is 12.1 Å². The van der Waals surface area contributed by atoms with Gasteiger partial charge in [-0.2, -0.15) is 13.2 Å². The van der Waals surface area contributed by atoms with Gasteiger partial charge < -0.3 is 10.7 Å². The van der Waals surface area contributed by atoms with Crippen LogP contribution in [0.2, 0.25) is 0 Å². The van der Waals surface area contributed by atoms with Gasteiger partial charge in [-0.15, -0.1) is 0 Å². The molecule has 0 aromatic heterocycles. The second-order valence-electron chi connectivity index (χ2n) is 5.53. The summed E-state index contributed by atoms with van der Waals surface area (Å²) in [6.45, 7) is -0.327. The van der Waals surface area contributed by atoms with Crippen LogP contribution in [0.15, 0.2) is 35.1 Å². The average Bonchev–Trinajstić information content (AvgIpc) is 2.97. The molecule has 3 rings (SSSR count). The molecule has 0 spiro atoms. The van der Waals surface area contributed by atoms with Gasteiger partial charge in [-0.05, 0) is 24.6 Å². The third-order valence-corrected chi connectivity index (χ3v) is 3.96. The molecule has 1 amide bonds. The Bertz CT molecular complexity index is 714. The molecule has 0 bridgehead atoms. The normalized spacial score (nSPS) is 22.6. The maximum Gasteiger partial charge on any atom is 0.416 e. The molecule has 0 radical (unpaired) electrons. The lowest BCUT2D eigenvalue weighted by Crippen LogP contribution is -2.45. The molecule has 5 nitrogen and oxygen atoms in total. The number of alkyl halides is 3. The Morgan fingerprint density at radius 1 is 1.38 bits per heavy atom. The summed E-state index contributed by atoms with van der Waals surface area (Å²) in [6, 6.07) is 1.52. The van der Waals surface area contributed by atoms with Crippen LogP contribution in [0.1, 0.15) is 17.5 Å². The number of benzene rings is 1. The van der Waals surface area contributed by atoms with E-state index in [4.69, 9.17) is 0 Å². The molecule has 1 aromatic rings. The summed E-state index contributed by atoms with van der Waals surface area (Å²) < 4.78 is 51.7. The Hall–Kier alpha value is -2.42. The molecule has 0 aliphatic carbocycles. The van der Waals surface area contributed by atoms with Gasteiger partial charge in [0.1, 0.15) is 11.9 Å². The van der Waals surface area contributed by atoms with E-state index in [1.54, 1.807) is 12.4 Å². The number of aliphatic imine (C=N–C) groups is 1. The van der Waals surface area contributed by atoms with Crippen molar-refractivity contribution in [2.24, 2.45) is 10.9 Å². The standard InChI is InChI=1S/C15H14F4N4O/c16-11-2-1-9(15(17,18)19)5-8(11)6-21-14(24)13-10-3-4-20-7-12(10)22-23-13/h1-2,4-5,7,10,13,22-23H,3,6H2,(H,21,24). The Morgan fingerprint density at radius 2 is 2.17 bits per heavy atom. The first-order valence-corrected chi connectivity index (χ1v) is 7.23. The first kappa shape index (κ1) is 16.4. The summed E-state index contributed by atoms with van der Waals surface area (Å²) in [4.78, 5) is 16.2. The number of amides is 1. The lowest BCUT2D eigenvalue weighted by Gasteiger charge is -2.18. The van der Waals surface area contributed by atoms with Crippen molar-refractivity contribution in [2.75, 3.05) is 0 Å². The second kappa shape index (κ2) is 6.23. The number of rotatable bonds is 3. The summed E-state index contributed by atoms with van der Waals surface area (Å²) in [7, 11) is 0. The first-order chi connectivity index (χ1) is 11.4. The highest BCUT2D eigenvalue weighted by Gasteiger charge is 2.37. The van der Waals surface area contributed by atoms with Crippen molar-refractivity contribution in [1.82, 2.24) is 16.2 Å². The summed E-state index contributed by atoms with van der Waals surface area (Å²) >= 11 is 0. The van der Waals surface area contributed by atoms with Crippen molar-refractivity contribution in [2.45, 2.75) is 25.2 Å². The van der Waals surface area contributed by atoms with Gasteiger partial charge in [0.05, 0.1) is 11.3 Å². The molecular weight excluding hydrogens is 328 g/mol. The fourth-order valence-electron chi connectivity index (χ4n) is 2.66. The third kappa shape index (κ3) is 3.25. The van der Waals surface area contributed by atoms with Crippen LogP contribution in [-0.2, 0) is 17.5 Å². The highest BCUT2D eigenvalue weighted by molar-refractivity contribution is 5.84. The Morgan fingerprint density at radius 3 is 2.92 bits per heavy atom.